The van der Waals surface area contributed by atoms with Crippen LogP contribution in [0.1, 0.15) is 49.7 Å². The molecule has 38 heavy (non-hydrogen) atoms. The lowest BCUT2D eigenvalue weighted by Gasteiger charge is -2.40. The second-order valence-corrected chi connectivity index (χ2v) is 11.0. The Labute approximate surface area is 229 Å². The van der Waals surface area contributed by atoms with Crippen LogP contribution in [0.2, 0.25) is 5.02 Å². The van der Waals surface area contributed by atoms with E-state index >= 15 is 0 Å². The number of cyclic esters (lactones) is 1. The van der Waals surface area contributed by atoms with Gasteiger partial charge in [0.2, 0.25) is 5.91 Å². The first-order valence-corrected chi connectivity index (χ1v) is 13.9. The van der Waals surface area contributed by atoms with Gasteiger partial charge >= 0.3 is 5.97 Å². The summed E-state index contributed by atoms with van der Waals surface area (Å²) >= 11 is 5.97. The molecule has 1 aromatic carbocycles. The SMILES string of the molecule is O=C(Cc1ccc(Cl)cc1)N1CCCCC2(CCN(Cc3ccncc3)CC2)C(=O)OC[C@@H](O)[C@@H](O)CC1. The van der Waals surface area contributed by atoms with Crippen molar-refractivity contribution in [2.45, 2.75) is 63.7 Å². The summed E-state index contributed by atoms with van der Waals surface area (Å²) in [5.41, 5.74) is 1.44. The predicted octanol–water partition coefficient (Wildman–Crippen LogP) is 3.23. The summed E-state index contributed by atoms with van der Waals surface area (Å²) in [6, 6.07) is 11.2. The van der Waals surface area contributed by atoms with Gasteiger partial charge in [-0.1, -0.05) is 30.2 Å². The Bertz CT molecular complexity index is 1040. The molecule has 4 rings (SSSR count). The van der Waals surface area contributed by atoms with E-state index in [0.29, 0.717) is 37.4 Å². The number of aromatic nitrogens is 1. The minimum atomic E-state index is -1.20. The first-order valence-electron chi connectivity index (χ1n) is 13.5. The second kappa shape index (κ2) is 13.5. The fourth-order valence-electron chi connectivity index (χ4n) is 5.36. The third-order valence-electron chi connectivity index (χ3n) is 7.88. The number of hydrogen-bond acceptors (Lipinski definition) is 7. The van der Waals surface area contributed by atoms with Crippen LogP contribution in [0.15, 0.2) is 48.8 Å². The van der Waals surface area contributed by atoms with E-state index in [1.54, 1.807) is 29.4 Å². The Kier molecular flexibility index (Phi) is 10.1. The van der Waals surface area contributed by atoms with Gasteiger partial charge < -0.3 is 19.8 Å². The first-order chi connectivity index (χ1) is 18.3. The molecule has 1 spiro atoms. The maximum absolute atomic E-state index is 13.3. The van der Waals surface area contributed by atoms with Gasteiger partial charge in [-0.25, -0.2) is 0 Å². The number of ether oxygens (including phenoxy) is 1. The number of halogens is 1. The third kappa shape index (κ3) is 7.76. The largest absolute Gasteiger partial charge is 0.462 e. The van der Waals surface area contributed by atoms with E-state index in [2.05, 4.69) is 9.88 Å². The lowest BCUT2D eigenvalue weighted by molar-refractivity contribution is -0.165. The van der Waals surface area contributed by atoms with Gasteiger partial charge in [0.15, 0.2) is 0 Å². The maximum Gasteiger partial charge on any atom is 0.312 e. The van der Waals surface area contributed by atoms with Crippen molar-refractivity contribution in [3.8, 4) is 0 Å². The molecule has 9 heteroatoms. The van der Waals surface area contributed by atoms with Crippen LogP contribution in [-0.4, -0.2) is 81.9 Å². The zero-order chi connectivity index (χ0) is 27.0. The Morgan fingerprint density at radius 1 is 0.947 bits per heavy atom. The minimum Gasteiger partial charge on any atom is -0.462 e. The van der Waals surface area contributed by atoms with E-state index in [1.807, 2.05) is 24.3 Å². The number of benzene rings is 1. The van der Waals surface area contributed by atoms with Gasteiger partial charge in [0.05, 0.1) is 17.9 Å². The van der Waals surface area contributed by atoms with Crippen molar-refractivity contribution < 1.29 is 24.5 Å². The molecule has 3 heterocycles. The summed E-state index contributed by atoms with van der Waals surface area (Å²) in [4.78, 5) is 34.6. The smallest absolute Gasteiger partial charge is 0.312 e. The van der Waals surface area contributed by atoms with Crippen LogP contribution >= 0.6 is 11.6 Å². The summed E-state index contributed by atoms with van der Waals surface area (Å²) in [5.74, 6) is -0.322. The van der Waals surface area contributed by atoms with E-state index in [0.717, 1.165) is 38.0 Å². The van der Waals surface area contributed by atoms with E-state index in [1.165, 1.54) is 5.56 Å². The molecule has 1 amide bonds. The number of hydrogen-bond donors (Lipinski definition) is 2. The number of amides is 1. The summed E-state index contributed by atoms with van der Waals surface area (Å²) < 4.78 is 5.58. The molecule has 1 aromatic heterocycles. The van der Waals surface area contributed by atoms with Gasteiger partial charge in [-0.15, -0.1) is 0 Å². The number of piperidine rings is 1. The zero-order valence-electron chi connectivity index (χ0n) is 21.8. The monoisotopic (exact) mass is 543 g/mol. The number of aliphatic hydroxyl groups is 2. The highest BCUT2D eigenvalue weighted by atomic mass is 35.5. The number of likely N-dealkylation sites (tertiary alicyclic amines) is 1. The van der Waals surface area contributed by atoms with Crippen molar-refractivity contribution >= 4 is 23.5 Å². The third-order valence-corrected chi connectivity index (χ3v) is 8.13. The summed E-state index contributed by atoms with van der Waals surface area (Å²) in [6.07, 6.45) is 5.30. The van der Waals surface area contributed by atoms with E-state index < -0.39 is 17.6 Å². The summed E-state index contributed by atoms with van der Waals surface area (Å²) in [6.45, 7) is 2.97. The lowest BCUT2D eigenvalue weighted by Crippen LogP contribution is -2.45. The number of nitrogens with zero attached hydrogens (tertiary/aromatic N) is 3. The molecule has 0 saturated carbocycles. The van der Waals surface area contributed by atoms with Crippen molar-refractivity contribution in [1.82, 2.24) is 14.8 Å². The Morgan fingerprint density at radius 2 is 1.66 bits per heavy atom. The molecule has 2 aliphatic rings. The van der Waals surface area contributed by atoms with Gasteiger partial charge in [0.25, 0.3) is 0 Å². The number of pyridine rings is 1. The fourth-order valence-corrected chi connectivity index (χ4v) is 5.49. The van der Waals surface area contributed by atoms with Gasteiger partial charge in [-0.05, 0) is 80.6 Å². The molecule has 2 aromatic rings. The van der Waals surface area contributed by atoms with Crippen LogP contribution in [0, 0.1) is 5.41 Å². The van der Waals surface area contributed by atoms with Gasteiger partial charge in [0.1, 0.15) is 12.7 Å². The standard InChI is InChI=1S/C29H38ClN3O5/c30-24-5-3-22(4-6-24)19-27(36)33-15-2-1-10-29(28(37)38-21-26(35)25(34)9-16-33)11-17-32(18-12-29)20-23-7-13-31-14-8-23/h3-8,13-14,25-26,34-35H,1-2,9-12,15-21H2/t25-,26+/m0/s1. The molecule has 2 N–H and O–H groups in total. The van der Waals surface area contributed by atoms with Crippen molar-refractivity contribution in [2.24, 2.45) is 5.41 Å². The minimum absolute atomic E-state index is 0.0321. The molecule has 2 saturated heterocycles. The van der Waals surface area contributed by atoms with E-state index in [4.69, 9.17) is 16.3 Å². The van der Waals surface area contributed by atoms with Crippen LogP contribution in [-0.2, 0) is 27.3 Å². The van der Waals surface area contributed by atoms with Crippen LogP contribution in [0.4, 0.5) is 0 Å². The molecule has 0 radical (unpaired) electrons. The van der Waals surface area contributed by atoms with Crippen LogP contribution in [0.5, 0.6) is 0 Å². The van der Waals surface area contributed by atoms with Crippen LogP contribution in [0.25, 0.3) is 0 Å². The Hall–Kier alpha value is -2.52. The first kappa shape index (κ1) is 28.5. The molecule has 0 unspecified atom stereocenters. The quantitative estimate of drug-likeness (QED) is 0.571. The average Bonchev–Trinajstić information content (AvgIpc) is 2.94. The number of esters is 1. The molecule has 2 fully saturated rings. The number of aliphatic hydroxyl groups excluding tert-OH is 2. The summed E-state index contributed by atoms with van der Waals surface area (Å²) in [5, 5.41) is 21.6. The second-order valence-electron chi connectivity index (χ2n) is 10.6. The van der Waals surface area contributed by atoms with Crippen molar-refractivity contribution in [2.75, 3.05) is 32.8 Å². The lowest BCUT2D eigenvalue weighted by atomic mass is 9.74. The molecule has 8 nitrogen and oxygen atoms in total. The highest BCUT2D eigenvalue weighted by Crippen LogP contribution is 2.38. The Balaban J connectivity index is 1.40. The van der Waals surface area contributed by atoms with Crippen LogP contribution < -0.4 is 0 Å². The Morgan fingerprint density at radius 3 is 2.37 bits per heavy atom. The van der Waals surface area contributed by atoms with Gasteiger partial charge in [-0.3, -0.25) is 19.5 Å². The van der Waals surface area contributed by atoms with Crippen molar-refractivity contribution in [3.63, 3.8) is 0 Å². The number of carbonyl (C=O) groups is 2. The molecule has 2 aliphatic heterocycles. The summed E-state index contributed by atoms with van der Waals surface area (Å²) in [7, 11) is 0. The van der Waals surface area contributed by atoms with Crippen molar-refractivity contribution in [1.29, 1.82) is 0 Å². The zero-order valence-corrected chi connectivity index (χ0v) is 22.6. The van der Waals surface area contributed by atoms with Crippen molar-refractivity contribution in [3.05, 3.63) is 64.9 Å². The van der Waals surface area contributed by atoms with E-state index in [-0.39, 0.29) is 31.3 Å². The van der Waals surface area contributed by atoms with Crippen LogP contribution in [0.3, 0.4) is 0 Å². The van der Waals surface area contributed by atoms with E-state index in [9.17, 15) is 19.8 Å². The van der Waals surface area contributed by atoms with Gasteiger partial charge in [0, 0.05) is 37.1 Å². The molecular weight excluding hydrogens is 506 g/mol. The fraction of sp³-hybridized carbons (Fsp3) is 0.552. The molecular formula is C29H38ClN3O5. The number of rotatable bonds is 4. The number of carbonyl (C=O) groups excluding carboxylic acids is 2. The maximum atomic E-state index is 13.3. The molecule has 2 atom stereocenters. The highest BCUT2D eigenvalue weighted by Gasteiger charge is 2.42. The highest BCUT2D eigenvalue weighted by molar-refractivity contribution is 6.30. The topological polar surface area (TPSA) is 103 Å². The molecule has 0 aliphatic carbocycles. The van der Waals surface area contributed by atoms with Gasteiger partial charge in [-0.2, -0.15) is 0 Å². The molecule has 0 bridgehead atoms. The normalized spacial score (nSPS) is 23.7. The molecule has 206 valence electrons. The predicted molar refractivity (Wildman–Crippen MR) is 144 cm³/mol. The average molecular weight is 544 g/mol.